The average Bonchev–Trinajstić information content (AvgIpc) is 2.58. The molecule has 1 aromatic rings. The third-order valence-corrected chi connectivity index (χ3v) is 2.70. The molecule has 2 rings (SSSR count). The van der Waals surface area contributed by atoms with Crippen LogP contribution in [0.5, 0.6) is 0 Å². The van der Waals surface area contributed by atoms with Gasteiger partial charge in [-0.3, -0.25) is 0 Å². The van der Waals surface area contributed by atoms with Crippen LogP contribution >= 0.6 is 0 Å². The minimum Gasteiger partial charge on any atom is -0.367 e. The van der Waals surface area contributed by atoms with Gasteiger partial charge in [0.2, 0.25) is 0 Å². The Kier molecular flexibility index (Phi) is 2.58. The van der Waals surface area contributed by atoms with Crippen molar-refractivity contribution in [2.45, 2.75) is 20.3 Å². The molecular formula is C13H17N. The maximum atomic E-state index is 2.45. The van der Waals surface area contributed by atoms with Crippen LogP contribution in [-0.2, 0) is 6.42 Å². The zero-order valence-electron chi connectivity index (χ0n) is 8.96. The fourth-order valence-electron chi connectivity index (χ4n) is 1.89. The molecule has 0 N–H and O–H groups in total. The van der Waals surface area contributed by atoms with Crippen molar-refractivity contribution in [1.82, 2.24) is 0 Å². The van der Waals surface area contributed by atoms with E-state index in [0.717, 1.165) is 6.54 Å². The second-order valence-corrected chi connectivity index (χ2v) is 4.11. The van der Waals surface area contributed by atoms with Gasteiger partial charge < -0.3 is 4.90 Å². The summed E-state index contributed by atoms with van der Waals surface area (Å²) in [6, 6.07) is 8.71. The Morgan fingerprint density at radius 2 is 2.14 bits per heavy atom. The zero-order valence-corrected chi connectivity index (χ0v) is 8.96. The number of benzene rings is 1. The lowest BCUT2D eigenvalue weighted by Gasteiger charge is -2.17. The Bertz CT molecular complexity index is 348. The lowest BCUT2D eigenvalue weighted by Crippen LogP contribution is -2.20. The topological polar surface area (TPSA) is 3.24 Å². The van der Waals surface area contributed by atoms with Gasteiger partial charge in [-0.05, 0) is 31.9 Å². The number of anilines is 1. The van der Waals surface area contributed by atoms with Crippen LogP contribution in [0.25, 0.3) is 0 Å². The Labute approximate surface area is 86.1 Å². The number of para-hydroxylation sites is 1. The Morgan fingerprint density at radius 1 is 1.36 bits per heavy atom. The minimum absolute atomic E-state index is 1.05. The van der Waals surface area contributed by atoms with Gasteiger partial charge in [0.05, 0.1) is 0 Å². The standard InChI is InChI=1S/C13H17N/c1-11(2)7-9-14-10-8-12-5-3-4-6-13(12)14/h3-7H,8-10H2,1-2H3. The molecule has 1 aliphatic rings. The second kappa shape index (κ2) is 3.87. The lowest BCUT2D eigenvalue weighted by atomic mass is 10.2. The summed E-state index contributed by atoms with van der Waals surface area (Å²) in [4.78, 5) is 2.45. The molecule has 0 saturated heterocycles. The Hall–Kier alpha value is -1.24. The fourth-order valence-corrected chi connectivity index (χ4v) is 1.89. The molecule has 0 bridgehead atoms. The first-order chi connectivity index (χ1) is 6.77. The molecule has 0 unspecified atom stereocenters. The normalized spacial score (nSPS) is 14.0. The monoisotopic (exact) mass is 187 g/mol. The third kappa shape index (κ3) is 1.82. The minimum atomic E-state index is 1.05. The number of nitrogens with zero attached hydrogens (tertiary/aromatic N) is 1. The number of hydrogen-bond acceptors (Lipinski definition) is 1. The van der Waals surface area contributed by atoms with Crippen LogP contribution < -0.4 is 4.90 Å². The van der Waals surface area contributed by atoms with E-state index in [2.05, 4.69) is 49.1 Å². The molecule has 1 aliphatic heterocycles. The van der Waals surface area contributed by atoms with Crippen molar-refractivity contribution in [2.75, 3.05) is 18.0 Å². The van der Waals surface area contributed by atoms with Crippen molar-refractivity contribution in [2.24, 2.45) is 0 Å². The summed E-state index contributed by atoms with van der Waals surface area (Å²) in [5.41, 5.74) is 4.31. The van der Waals surface area contributed by atoms with Gasteiger partial charge >= 0.3 is 0 Å². The van der Waals surface area contributed by atoms with Crippen molar-refractivity contribution in [1.29, 1.82) is 0 Å². The Balaban J connectivity index is 2.14. The molecule has 74 valence electrons. The molecule has 0 amide bonds. The summed E-state index contributed by atoms with van der Waals surface area (Å²) in [6.45, 7) is 6.53. The zero-order chi connectivity index (χ0) is 9.97. The van der Waals surface area contributed by atoms with E-state index in [9.17, 15) is 0 Å². The SMILES string of the molecule is CC(C)=CCN1CCc2ccccc21. The summed E-state index contributed by atoms with van der Waals surface area (Å²) in [6.07, 6.45) is 3.49. The smallest absolute Gasteiger partial charge is 0.0402 e. The highest BCUT2D eigenvalue weighted by Gasteiger charge is 2.16. The highest BCUT2D eigenvalue weighted by molar-refractivity contribution is 5.58. The van der Waals surface area contributed by atoms with Crippen LogP contribution in [0.4, 0.5) is 5.69 Å². The molecule has 0 atom stereocenters. The van der Waals surface area contributed by atoms with Gasteiger partial charge in [-0.2, -0.15) is 0 Å². The summed E-state index contributed by atoms with van der Waals surface area (Å²) in [7, 11) is 0. The van der Waals surface area contributed by atoms with Crippen molar-refractivity contribution < 1.29 is 0 Å². The van der Waals surface area contributed by atoms with Crippen LogP contribution in [-0.4, -0.2) is 13.1 Å². The first-order valence-corrected chi connectivity index (χ1v) is 5.23. The molecule has 0 aliphatic carbocycles. The molecule has 0 spiro atoms. The van der Waals surface area contributed by atoms with E-state index >= 15 is 0 Å². The molecule has 1 heterocycles. The first kappa shape index (κ1) is 9.32. The van der Waals surface area contributed by atoms with E-state index in [1.807, 2.05) is 0 Å². The van der Waals surface area contributed by atoms with Crippen LogP contribution in [0, 0.1) is 0 Å². The lowest BCUT2D eigenvalue weighted by molar-refractivity contribution is 0.900. The van der Waals surface area contributed by atoms with Gasteiger partial charge in [0.1, 0.15) is 0 Å². The number of allylic oxidation sites excluding steroid dienone is 1. The van der Waals surface area contributed by atoms with Gasteiger partial charge in [-0.1, -0.05) is 29.8 Å². The molecular weight excluding hydrogens is 170 g/mol. The van der Waals surface area contributed by atoms with Gasteiger partial charge in [-0.25, -0.2) is 0 Å². The molecule has 0 fully saturated rings. The largest absolute Gasteiger partial charge is 0.367 e. The molecule has 1 nitrogen and oxygen atoms in total. The van der Waals surface area contributed by atoms with Gasteiger partial charge in [0.15, 0.2) is 0 Å². The van der Waals surface area contributed by atoms with Crippen LogP contribution in [0.15, 0.2) is 35.9 Å². The Morgan fingerprint density at radius 3 is 2.93 bits per heavy atom. The summed E-state index contributed by atoms with van der Waals surface area (Å²) in [5, 5.41) is 0. The van der Waals surface area contributed by atoms with Gasteiger partial charge in [0.25, 0.3) is 0 Å². The van der Waals surface area contributed by atoms with Crippen LogP contribution in [0.1, 0.15) is 19.4 Å². The maximum absolute atomic E-state index is 2.45. The first-order valence-electron chi connectivity index (χ1n) is 5.23. The fraction of sp³-hybridized carbons (Fsp3) is 0.385. The van der Waals surface area contributed by atoms with E-state index in [0.29, 0.717) is 0 Å². The van der Waals surface area contributed by atoms with E-state index < -0.39 is 0 Å². The average molecular weight is 187 g/mol. The van der Waals surface area contributed by atoms with Crippen LogP contribution in [0.2, 0.25) is 0 Å². The highest BCUT2D eigenvalue weighted by atomic mass is 15.1. The molecule has 14 heavy (non-hydrogen) atoms. The molecule has 1 aromatic carbocycles. The van der Waals surface area contributed by atoms with Crippen molar-refractivity contribution in [3.8, 4) is 0 Å². The number of hydrogen-bond donors (Lipinski definition) is 0. The van der Waals surface area contributed by atoms with Crippen LogP contribution in [0.3, 0.4) is 0 Å². The summed E-state index contributed by atoms with van der Waals surface area (Å²) >= 11 is 0. The third-order valence-electron chi connectivity index (χ3n) is 2.70. The van der Waals surface area contributed by atoms with E-state index in [1.165, 1.54) is 29.8 Å². The number of fused-ring (bicyclic) bond motifs is 1. The second-order valence-electron chi connectivity index (χ2n) is 4.11. The highest BCUT2D eigenvalue weighted by Crippen LogP contribution is 2.26. The predicted molar refractivity (Wildman–Crippen MR) is 61.8 cm³/mol. The maximum Gasteiger partial charge on any atom is 0.0402 e. The van der Waals surface area contributed by atoms with E-state index in [1.54, 1.807) is 0 Å². The van der Waals surface area contributed by atoms with Crippen molar-refractivity contribution >= 4 is 5.69 Å². The predicted octanol–water partition coefficient (Wildman–Crippen LogP) is 3.02. The summed E-state index contributed by atoms with van der Waals surface area (Å²) < 4.78 is 0. The molecule has 0 radical (unpaired) electrons. The quantitative estimate of drug-likeness (QED) is 0.643. The molecule has 0 saturated carbocycles. The molecule has 1 heteroatoms. The van der Waals surface area contributed by atoms with E-state index in [-0.39, 0.29) is 0 Å². The van der Waals surface area contributed by atoms with Gasteiger partial charge in [-0.15, -0.1) is 0 Å². The van der Waals surface area contributed by atoms with Gasteiger partial charge in [0, 0.05) is 18.8 Å². The molecule has 0 aromatic heterocycles. The summed E-state index contributed by atoms with van der Waals surface area (Å²) in [5.74, 6) is 0. The van der Waals surface area contributed by atoms with Crippen molar-refractivity contribution in [3.63, 3.8) is 0 Å². The number of rotatable bonds is 2. The van der Waals surface area contributed by atoms with E-state index in [4.69, 9.17) is 0 Å². The van der Waals surface area contributed by atoms with Crippen molar-refractivity contribution in [3.05, 3.63) is 41.5 Å².